The first kappa shape index (κ1) is 13.2. The third kappa shape index (κ3) is 2.86. The molecule has 0 bridgehead atoms. The Labute approximate surface area is 120 Å². The van der Waals surface area contributed by atoms with Gasteiger partial charge in [-0.2, -0.15) is 0 Å². The monoisotopic (exact) mass is 267 g/mol. The smallest absolute Gasteiger partial charge is 0.124 e. The summed E-state index contributed by atoms with van der Waals surface area (Å²) in [6.45, 7) is 3.96. The molecule has 2 nitrogen and oxygen atoms in total. The van der Waals surface area contributed by atoms with Crippen LogP contribution in [0.25, 0.3) is 0 Å². The summed E-state index contributed by atoms with van der Waals surface area (Å²) in [5.41, 5.74) is 4.01. The van der Waals surface area contributed by atoms with Crippen molar-refractivity contribution in [3.63, 3.8) is 0 Å². The van der Waals surface area contributed by atoms with Gasteiger partial charge < -0.3 is 10.1 Å². The molecule has 0 saturated carbocycles. The molecule has 0 saturated heterocycles. The molecule has 2 heteroatoms. The average Bonchev–Trinajstić information content (AvgIpc) is 2.49. The third-order valence-electron chi connectivity index (χ3n) is 3.82. The van der Waals surface area contributed by atoms with Gasteiger partial charge in [-0.1, -0.05) is 49.4 Å². The van der Waals surface area contributed by atoms with Crippen LogP contribution in [0.3, 0.4) is 0 Å². The van der Waals surface area contributed by atoms with E-state index < -0.39 is 0 Å². The Morgan fingerprint density at radius 2 is 1.95 bits per heavy atom. The molecule has 0 amide bonds. The minimum Gasteiger partial charge on any atom is -0.493 e. The van der Waals surface area contributed by atoms with Gasteiger partial charge in [-0.05, 0) is 30.2 Å². The van der Waals surface area contributed by atoms with Gasteiger partial charge in [-0.15, -0.1) is 0 Å². The van der Waals surface area contributed by atoms with E-state index in [2.05, 4.69) is 60.8 Å². The summed E-state index contributed by atoms with van der Waals surface area (Å²) in [5.74, 6) is 1.04. The maximum absolute atomic E-state index is 5.77. The second-order valence-electron chi connectivity index (χ2n) is 5.28. The first-order valence-electron chi connectivity index (χ1n) is 7.39. The van der Waals surface area contributed by atoms with Gasteiger partial charge in [0, 0.05) is 18.0 Å². The molecule has 1 N–H and O–H groups in total. The number of ether oxygens (including phenoxy) is 1. The minimum atomic E-state index is 0.430. The van der Waals surface area contributed by atoms with Crippen LogP contribution in [0.5, 0.6) is 5.75 Å². The van der Waals surface area contributed by atoms with Crippen molar-refractivity contribution in [1.82, 2.24) is 5.32 Å². The minimum absolute atomic E-state index is 0.430. The number of hydrogen-bond acceptors (Lipinski definition) is 2. The summed E-state index contributed by atoms with van der Waals surface area (Å²) in [4.78, 5) is 0. The largest absolute Gasteiger partial charge is 0.493 e. The van der Waals surface area contributed by atoms with Crippen molar-refractivity contribution in [3.8, 4) is 5.75 Å². The molecule has 104 valence electrons. The van der Waals surface area contributed by atoms with Crippen LogP contribution in [0.1, 0.15) is 36.1 Å². The molecule has 1 atom stereocenters. The molecular formula is C18H21NO. The second kappa shape index (κ2) is 6.10. The lowest BCUT2D eigenvalue weighted by atomic mass is 9.95. The molecule has 2 aromatic rings. The van der Waals surface area contributed by atoms with E-state index in [1.807, 2.05) is 0 Å². The summed E-state index contributed by atoms with van der Waals surface area (Å²) in [5, 5.41) is 3.55. The zero-order valence-electron chi connectivity index (χ0n) is 11.9. The summed E-state index contributed by atoms with van der Waals surface area (Å²) in [6, 6.07) is 17.6. The highest BCUT2D eigenvalue weighted by atomic mass is 16.5. The highest BCUT2D eigenvalue weighted by molar-refractivity contribution is 5.42. The normalized spacial score (nSPS) is 17.4. The van der Waals surface area contributed by atoms with Crippen LogP contribution in [0, 0.1) is 0 Å². The fourth-order valence-corrected chi connectivity index (χ4v) is 2.84. The summed E-state index contributed by atoms with van der Waals surface area (Å²) >= 11 is 0. The lowest BCUT2D eigenvalue weighted by Crippen LogP contribution is -2.26. The highest BCUT2D eigenvalue weighted by Crippen LogP contribution is 2.33. The van der Waals surface area contributed by atoms with E-state index in [9.17, 15) is 0 Å². The SMILES string of the molecule is CCNC1CCOc2ccc(Cc3ccccc3)cc21. The Bertz CT molecular complexity index is 565. The van der Waals surface area contributed by atoms with E-state index in [4.69, 9.17) is 4.74 Å². The molecule has 1 aliphatic heterocycles. The van der Waals surface area contributed by atoms with E-state index in [-0.39, 0.29) is 0 Å². The third-order valence-corrected chi connectivity index (χ3v) is 3.82. The van der Waals surface area contributed by atoms with Crippen LogP contribution < -0.4 is 10.1 Å². The molecule has 1 unspecified atom stereocenters. The number of nitrogens with one attached hydrogen (secondary N) is 1. The molecule has 0 radical (unpaired) electrons. The van der Waals surface area contributed by atoms with Crippen LogP contribution in [-0.4, -0.2) is 13.2 Å². The van der Waals surface area contributed by atoms with E-state index in [0.29, 0.717) is 6.04 Å². The molecule has 0 spiro atoms. The summed E-state index contributed by atoms with van der Waals surface area (Å²) in [7, 11) is 0. The van der Waals surface area contributed by atoms with Gasteiger partial charge in [0.25, 0.3) is 0 Å². The van der Waals surface area contributed by atoms with Gasteiger partial charge in [0.05, 0.1) is 6.61 Å². The first-order chi connectivity index (χ1) is 9.86. The van der Waals surface area contributed by atoms with Crippen molar-refractivity contribution in [1.29, 1.82) is 0 Å². The van der Waals surface area contributed by atoms with Gasteiger partial charge >= 0.3 is 0 Å². The second-order valence-corrected chi connectivity index (χ2v) is 5.28. The van der Waals surface area contributed by atoms with Gasteiger partial charge in [0.1, 0.15) is 5.75 Å². The lowest BCUT2D eigenvalue weighted by molar-refractivity contribution is 0.254. The summed E-state index contributed by atoms with van der Waals surface area (Å²) < 4.78 is 5.77. The molecular weight excluding hydrogens is 246 g/mol. The number of fused-ring (bicyclic) bond motifs is 1. The van der Waals surface area contributed by atoms with E-state index >= 15 is 0 Å². The molecule has 20 heavy (non-hydrogen) atoms. The van der Waals surface area contributed by atoms with Gasteiger partial charge in [-0.3, -0.25) is 0 Å². The molecule has 0 aromatic heterocycles. The number of hydrogen-bond donors (Lipinski definition) is 1. The Balaban J connectivity index is 1.85. The number of rotatable bonds is 4. The van der Waals surface area contributed by atoms with E-state index in [0.717, 1.165) is 31.7 Å². The predicted molar refractivity (Wildman–Crippen MR) is 82.2 cm³/mol. The molecule has 1 heterocycles. The molecule has 0 aliphatic carbocycles. The van der Waals surface area contributed by atoms with E-state index in [1.54, 1.807) is 0 Å². The van der Waals surface area contributed by atoms with Crippen molar-refractivity contribution in [2.24, 2.45) is 0 Å². The zero-order chi connectivity index (χ0) is 13.8. The van der Waals surface area contributed by atoms with E-state index in [1.165, 1.54) is 16.7 Å². The Hall–Kier alpha value is -1.80. The maximum Gasteiger partial charge on any atom is 0.124 e. The Morgan fingerprint density at radius 1 is 1.10 bits per heavy atom. The first-order valence-corrected chi connectivity index (χ1v) is 7.39. The zero-order valence-corrected chi connectivity index (χ0v) is 11.9. The highest BCUT2D eigenvalue weighted by Gasteiger charge is 2.20. The standard InChI is InChI=1S/C18H21NO/c1-2-19-17-10-11-20-18-9-8-15(13-16(17)18)12-14-6-4-3-5-7-14/h3-9,13,17,19H,2,10-12H2,1H3. The quantitative estimate of drug-likeness (QED) is 0.911. The lowest BCUT2D eigenvalue weighted by Gasteiger charge is -2.27. The van der Waals surface area contributed by atoms with Crippen LogP contribution >= 0.6 is 0 Å². The fourth-order valence-electron chi connectivity index (χ4n) is 2.84. The topological polar surface area (TPSA) is 21.3 Å². The van der Waals surface area contributed by atoms with Crippen LogP contribution in [-0.2, 0) is 6.42 Å². The van der Waals surface area contributed by atoms with Crippen molar-refractivity contribution >= 4 is 0 Å². The Morgan fingerprint density at radius 3 is 2.75 bits per heavy atom. The van der Waals surface area contributed by atoms with Crippen LogP contribution in [0.15, 0.2) is 48.5 Å². The van der Waals surface area contributed by atoms with Gasteiger partial charge in [0.2, 0.25) is 0 Å². The van der Waals surface area contributed by atoms with Gasteiger partial charge in [-0.25, -0.2) is 0 Å². The predicted octanol–water partition coefficient (Wildman–Crippen LogP) is 3.71. The summed E-state index contributed by atoms with van der Waals surface area (Å²) in [6.07, 6.45) is 2.03. The molecule has 1 aliphatic rings. The van der Waals surface area contributed by atoms with Crippen molar-refractivity contribution in [2.75, 3.05) is 13.2 Å². The van der Waals surface area contributed by atoms with Crippen molar-refractivity contribution in [3.05, 3.63) is 65.2 Å². The number of benzene rings is 2. The van der Waals surface area contributed by atoms with Crippen molar-refractivity contribution in [2.45, 2.75) is 25.8 Å². The molecule has 0 fully saturated rings. The Kier molecular flexibility index (Phi) is 4.03. The fraction of sp³-hybridized carbons (Fsp3) is 0.333. The molecule has 2 aromatic carbocycles. The van der Waals surface area contributed by atoms with Gasteiger partial charge in [0.15, 0.2) is 0 Å². The average molecular weight is 267 g/mol. The molecule has 3 rings (SSSR count). The maximum atomic E-state index is 5.77. The van der Waals surface area contributed by atoms with Crippen molar-refractivity contribution < 1.29 is 4.74 Å². The van der Waals surface area contributed by atoms with Crippen LogP contribution in [0.2, 0.25) is 0 Å². The van der Waals surface area contributed by atoms with Crippen LogP contribution in [0.4, 0.5) is 0 Å².